The summed E-state index contributed by atoms with van der Waals surface area (Å²) in [6.45, 7) is 9.09. The molecule has 0 atom stereocenters. The van der Waals surface area contributed by atoms with Gasteiger partial charge in [0.2, 0.25) is 10.0 Å². The first kappa shape index (κ1) is 19.8. The predicted octanol–water partition coefficient (Wildman–Crippen LogP) is 1.37. The fourth-order valence-corrected chi connectivity index (χ4v) is 3.53. The number of unbranched alkanes of at least 4 members (excludes halogenated alkanes) is 1. The van der Waals surface area contributed by atoms with Gasteiger partial charge < -0.3 is 10.2 Å². The maximum atomic E-state index is 12.3. The normalized spacial score (nSPS) is 12.8. The average molecular weight is 308 g/mol. The molecular weight excluding hydrogens is 274 g/mol. The SMILES string of the molecule is CCCN(CCN(C)C)S(=O)(=O)CCCCNC(C)C. The van der Waals surface area contributed by atoms with E-state index < -0.39 is 10.0 Å². The molecule has 0 bridgehead atoms. The second kappa shape index (κ2) is 10.5. The van der Waals surface area contributed by atoms with Crippen molar-refractivity contribution in [3.05, 3.63) is 0 Å². The first-order valence-corrected chi connectivity index (χ1v) is 9.26. The second-order valence-electron chi connectivity index (χ2n) is 5.83. The van der Waals surface area contributed by atoms with Crippen LogP contribution >= 0.6 is 0 Å². The maximum Gasteiger partial charge on any atom is 0.214 e. The Balaban J connectivity index is 4.19. The largest absolute Gasteiger partial charge is 0.315 e. The summed E-state index contributed by atoms with van der Waals surface area (Å²) in [5, 5.41) is 3.31. The van der Waals surface area contributed by atoms with Crippen LogP contribution in [0.2, 0.25) is 0 Å². The van der Waals surface area contributed by atoms with Crippen molar-refractivity contribution in [2.75, 3.05) is 46.0 Å². The molecule has 20 heavy (non-hydrogen) atoms. The zero-order valence-electron chi connectivity index (χ0n) is 13.9. The summed E-state index contributed by atoms with van der Waals surface area (Å²) in [5.74, 6) is 0.264. The fourth-order valence-electron chi connectivity index (χ4n) is 1.88. The van der Waals surface area contributed by atoms with E-state index in [2.05, 4.69) is 19.2 Å². The van der Waals surface area contributed by atoms with Crippen LogP contribution in [-0.4, -0.2) is 69.7 Å². The molecule has 5 nitrogen and oxygen atoms in total. The van der Waals surface area contributed by atoms with Crippen molar-refractivity contribution in [3.8, 4) is 0 Å². The number of likely N-dealkylation sites (N-methyl/N-ethyl adjacent to an activating group) is 1. The first-order chi connectivity index (χ1) is 9.29. The molecule has 0 aromatic heterocycles. The standard InChI is InChI=1S/C14H33N3O2S/c1-6-10-17(12-11-16(4)5)20(18,19)13-8-7-9-15-14(2)3/h14-15H,6-13H2,1-5H3. The Hall–Kier alpha value is -0.170. The van der Waals surface area contributed by atoms with Crippen molar-refractivity contribution < 1.29 is 8.42 Å². The molecule has 0 aromatic carbocycles. The van der Waals surface area contributed by atoms with E-state index in [4.69, 9.17) is 0 Å². The molecule has 0 saturated heterocycles. The fraction of sp³-hybridized carbons (Fsp3) is 1.00. The van der Waals surface area contributed by atoms with Crippen molar-refractivity contribution in [2.45, 2.75) is 46.1 Å². The number of sulfonamides is 1. The molecule has 0 aliphatic heterocycles. The summed E-state index contributed by atoms with van der Waals surface area (Å²) >= 11 is 0. The minimum atomic E-state index is -3.10. The van der Waals surface area contributed by atoms with Crippen LogP contribution in [0.25, 0.3) is 0 Å². The lowest BCUT2D eigenvalue weighted by Gasteiger charge is -2.23. The highest BCUT2D eigenvalue weighted by Crippen LogP contribution is 2.06. The molecule has 6 heteroatoms. The van der Waals surface area contributed by atoms with Gasteiger partial charge in [-0.05, 0) is 39.9 Å². The van der Waals surface area contributed by atoms with Crippen LogP contribution < -0.4 is 5.32 Å². The number of nitrogens with one attached hydrogen (secondary N) is 1. The number of nitrogens with zero attached hydrogens (tertiary/aromatic N) is 2. The predicted molar refractivity (Wildman–Crippen MR) is 86.6 cm³/mol. The molecule has 0 amide bonds. The summed E-state index contributed by atoms with van der Waals surface area (Å²) in [7, 11) is 0.831. The van der Waals surface area contributed by atoms with Crippen molar-refractivity contribution in [3.63, 3.8) is 0 Å². The molecule has 0 radical (unpaired) electrons. The molecule has 0 fully saturated rings. The second-order valence-corrected chi connectivity index (χ2v) is 7.92. The summed E-state index contributed by atoms with van der Waals surface area (Å²) < 4.78 is 26.3. The van der Waals surface area contributed by atoms with Crippen LogP contribution in [0.15, 0.2) is 0 Å². The van der Waals surface area contributed by atoms with E-state index in [0.717, 1.165) is 32.4 Å². The van der Waals surface area contributed by atoms with Gasteiger partial charge in [0, 0.05) is 25.7 Å². The van der Waals surface area contributed by atoms with Gasteiger partial charge in [-0.25, -0.2) is 12.7 Å². The molecule has 0 aliphatic carbocycles. The Bertz CT molecular complexity index is 329. The lowest BCUT2D eigenvalue weighted by molar-refractivity contribution is 0.332. The smallest absolute Gasteiger partial charge is 0.214 e. The van der Waals surface area contributed by atoms with Gasteiger partial charge in [0.1, 0.15) is 0 Å². The third kappa shape index (κ3) is 9.69. The van der Waals surface area contributed by atoms with E-state index in [-0.39, 0.29) is 5.75 Å². The van der Waals surface area contributed by atoms with E-state index in [1.807, 2.05) is 25.9 Å². The van der Waals surface area contributed by atoms with Gasteiger partial charge in [0.25, 0.3) is 0 Å². The highest BCUT2D eigenvalue weighted by Gasteiger charge is 2.20. The highest BCUT2D eigenvalue weighted by atomic mass is 32.2. The van der Waals surface area contributed by atoms with Crippen molar-refractivity contribution in [1.82, 2.24) is 14.5 Å². The molecule has 0 aliphatic rings. The highest BCUT2D eigenvalue weighted by molar-refractivity contribution is 7.89. The lowest BCUT2D eigenvalue weighted by Crippen LogP contribution is -2.38. The topological polar surface area (TPSA) is 52.7 Å². The third-order valence-electron chi connectivity index (χ3n) is 3.04. The van der Waals surface area contributed by atoms with Crippen molar-refractivity contribution in [1.29, 1.82) is 0 Å². The zero-order valence-corrected chi connectivity index (χ0v) is 14.7. The van der Waals surface area contributed by atoms with E-state index in [1.165, 1.54) is 0 Å². The quantitative estimate of drug-likeness (QED) is 0.553. The average Bonchev–Trinajstić information content (AvgIpc) is 2.33. The van der Waals surface area contributed by atoms with E-state index in [0.29, 0.717) is 19.1 Å². The van der Waals surface area contributed by atoms with E-state index >= 15 is 0 Å². The summed E-state index contributed by atoms with van der Waals surface area (Å²) in [4.78, 5) is 2.02. The van der Waals surface area contributed by atoms with Crippen molar-refractivity contribution in [2.24, 2.45) is 0 Å². The van der Waals surface area contributed by atoms with Gasteiger partial charge >= 0.3 is 0 Å². The van der Waals surface area contributed by atoms with Crippen LogP contribution in [0.3, 0.4) is 0 Å². The van der Waals surface area contributed by atoms with Crippen LogP contribution in [-0.2, 0) is 10.0 Å². The number of rotatable bonds is 12. The minimum Gasteiger partial charge on any atom is -0.315 e. The molecular formula is C14H33N3O2S. The van der Waals surface area contributed by atoms with Crippen LogP contribution in [0.4, 0.5) is 0 Å². The minimum absolute atomic E-state index is 0.264. The molecule has 122 valence electrons. The monoisotopic (exact) mass is 307 g/mol. The molecule has 0 rings (SSSR count). The lowest BCUT2D eigenvalue weighted by atomic mass is 10.3. The first-order valence-electron chi connectivity index (χ1n) is 7.65. The van der Waals surface area contributed by atoms with Crippen molar-refractivity contribution >= 4 is 10.0 Å². The number of hydrogen-bond acceptors (Lipinski definition) is 4. The van der Waals surface area contributed by atoms with Gasteiger partial charge in [-0.15, -0.1) is 0 Å². The summed E-state index contributed by atoms with van der Waals surface area (Å²) in [6.07, 6.45) is 2.50. The summed E-state index contributed by atoms with van der Waals surface area (Å²) in [5.41, 5.74) is 0. The Labute approximate surface area is 125 Å². The molecule has 0 heterocycles. The van der Waals surface area contributed by atoms with Crippen LogP contribution in [0, 0.1) is 0 Å². The van der Waals surface area contributed by atoms with E-state index in [9.17, 15) is 8.42 Å². The van der Waals surface area contributed by atoms with E-state index in [1.54, 1.807) is 4.31 Å². The summed E-state index contributed by atoms with van der Waals surface area (Å²) in [6, 6.07) is 0.461. The third-order valence-corrected chi connectivity index (χ3v) is 5.00. The Morgan fingerprint density at radius 3 is 2.20 bits per heavy atom. The molecule has 0 unspecified atom stereocenters. The molecule has 0 aromatic rings. The van der Waals surface area contributed by atoms with Crippen LogP contribution in [0.5, 0.6) is 0 Å². The van der Waals surface area contributed by atoms with Gasteiger partial charge in [-0.3, -0.25) is 0 Å². The zero-order chi connectivity index (χ0) is 15.6. The Morgan fingerprint density at radius 1 is 1.05 bits per heavy atom. The molecule has 1 N–H and O–H groups in total. The van der Waals surface area contributed by atoms with Gasteiger partial charge in [-0.2, -0.15) is 0 Å². The number of hydrogen-bond donors (Lipinski definition) is 1. The molecule has 0 saturated carbocycles. The van der Waals surface area contributed by atoms with Gasteiger partial charge in [0.15, 0.2) is 0 Å². The Morgan fingerprint density at radius 2 is 1.70 bits per heavy atom. The van der Waals surface area contributed by atoms with Crippen LogP contribution in [0.1, 0.15) is 40.0 Å². The maximum absolute atomic E-state index is 12.3. The molecule has 0 spiro atoms. The van der Waals surface area contributed by atoms with Gasteiger partial charge in [-0.1, -0.05) is 20.8 Å². The van der Waals surface area contributed by atoms with Gasteiger partial charge in [0.05, 0.1) is 5.75 Å². The Kier molecular flexibility index (Phi) is 10.5.